The molecule has 8 heteroatoms. The molecule has 1 fully saturated rings. The molecule has 0 aromatic heterocycles. The molecule has 1 aromatic carbocycles. The van der Waals surface area contributed by atoms with E-state index in [4.69, 9.17) is 0 Å². The molecule has 8 nitrogen and oxygen atoms in total. The van der Waals surface area contributed by atoms with Crippen molar-refractivity contribution in [3.63, 3.8) is 0 Å². The summed E-state index contributed by atoms with van der Waals surface area (Å²) in [6, 6.07) is 10.4. The number of benzene rings is 1. The third-order valence-electron chi connectivity index (χ3n) is 5.22. The zero-order valence-corrected chi connectivity index (χ0v) is 18.7. The van der Waals surface area contributed by atoms with Gasteiger partial charge in [-0.2, -0.15) is 0 Å². The lowest BCUT2D eigenvalue weighted by Gasteiger charge is -2.21. The number of likely N-dealkylation sites (N-methyl/N-ethyl adjacent to an activating group) is 1. The van der Waals surface area contributed by atoms with Crippen LogP contribution in [0.15, 0.2) is 35.3 Å². The predicted molar refractivity (Wildman–Crippen MR) is 122 cm³/mol. The minimum absolute atomic E-state index is 0.0471. The Bertz CT molecular complexity index is 707. The second kappa shape index (κ2) is 12.0. The van der Waals surface area contributed by atoms with Gasteiger partial charge in [0.1, 0.15) is 6.54 Å². The highest BCUT2D eigenvalue weighted by atomic mass is 16.2. The molecule has 2 N–H and O–H groups in total. The van der Waals surface area contributed by atoms with Gasteiger partial charge in [0.25, 0.3) is 0 Å². The van der Waals surface area contributed by atoms with E-state index >= 15 is 0 Å². The lowest BCUT2D eigenvalue weighted by atomic mass is 10.2. The molecular weight excluding hydrogens is 380 g/mol. The fraction of sp³-hybridized carbons (Fsp3) is 0.591. The van der Waals surface area contributed by atoms with Crippen molar-refractivity contribution >= 4 is 23.5 Å². The van der Waals surface area contributed by atoms with E-state index in [9.17, 15) is 9.59 Å². The number of guanidine groups is 1. The van der Waals surface area contributed by atoms with Crippen LogP contribution in [0.25, 0.3) is 0 Å². The van der Waals surface area contributed by atoms with Gasteiger partial charge in [-0.1, -0.05) is 25.1 Å². The van der Waals surface area contributed by atoms with E-state index < -0.39 is 0 Å². The number of amides is 2. The van der Waals surface area contributed by atoms with Crippen molar-refractivity contribution in [1.82, 2.24) is 20.4 Å². The van der Waals surface area contributed by atoms with Gasteiger partial charge in [-0.05, 0) is 25.0 Å². The molecule has 0 radical (unpaired) electrons. The zero-order chi connectivity index (χ0) is 21.9. The largest absolute Gasteiger partial charge is 0.375 e. The van der Waals surface area contributed by atoms with Crippen LogP contribution >= 0.6 is 0 Å². The highest BCUT2D eigenvalue weighted by molar-refractivity contribution is 5.85. The lowest BCUT2D eigenvalue weighted by Crippen LogP contribution is -2.46. The van der Waals surface area contributed by atoms with Crippen molar-refractivity contribution in [3.05, 3.63) is 30.3 Å². The number of anilines is 1. The van der Waals surface area contributed by atoms with Crippen LogP contribution in [-0.4, -0.2) is 87.5 Å². The van der Waals surface area contributed by atoms with Crippen LogP contribution in [0, 0.1) is 0 Å². The van der Waals surface area contributed by atoms with Crippen LogP contribution in [0.2, 0.25) is 0 Å². The summed E-state index contributed by atoms with van der Waals surface area (Å²) >= 11 is 0. The molecule has 2 rings (SSSR count). The Morgan fingerprint density at radius 3 is 2.60 bits per heavy atom. The van der Waals surface area contributed by atoms with E-state index in [1.165, 1.54) is 10.6 Å². The minimum Gasteiger partial charge on any atom is -0.375 e. The first-order valence-electron chi connectivity index (χ1n) is 10.7. The third kappa shape index (κ3) is 7.57. The first-order chi connectivity index (χ1) is 14.4. The normalized spacial score (nSPS) is 16.3. The van der Waals surface area contributed by atoms with Gasteiger partial charge in [0.2, 0.25) is 11.8 Å². The molecule has 30 heavy (non-hydrogen) atoms. The number of aliphatic imine (C=N–C) groups is 1. The molecule has 0 saturated carbocycles. The van der Waals surface area contributed by atoms with Crippen molar-refractivity contribution in [2.45, 2.75) is 32.2 Å². The molecule has 1 aliphatic rings. The van der Waals surface area contributed by atoms with Gasteiger partial charge in [0.15, 0.2) is 5.96 Å². The molecular formula is C22H36N6O2. The standard InChI is InChI=1S/C22H36N6O2/c1-5-20(29)28-15-12-18(17-28)25-22(24-16-21(30)26(2)3)23-13-9-14-27(4)19-10-7-6-8-11-19/h6-8,10-11,18H,5,9,12-17H2,1-4H3,(H2,23,24,25). The van der Waals surface area contributed by atoms with Crippen LogP contribution in [-0.2, 0) is 9.59 Å². The Morgan fingerprint density at radius 1 is 1.20 bits per heavy atom. The molecule has 1 unspecified atom stereocenters. The number of nitrogens with one attached hydrogen (secondary N) is 2. The summed E-state index contributed by atoms with van der Waals surface area (Å²) in [5.74, 6) is 0.759. The fourth-order valence-electron chi connectivity index (χ4n) is 3.30. The second-order valence-electron chi connectivity index (χ2n) is 7.81. The number of hydrogen-bond acceptors (Lipinski definition) is 4. The van der Waals surface area contributed by atoms with Gasteiger partial charge in [-0.25, -0.2) is 4.99 Å². The van der Waals surface area contributed by atoms with Crippen molar-refractivity contribution < 1.29 is 9.59 Å². The Kier molecular flexibility index (Phi) is 9.44. The Morgan fingerprint density at radius 2 is 1.93 bits per heavy atom. The maximum Gasteiger partial charge on any atom is 0.243 e. The monoisotopic (exact) mass is 416 g/mol. The van der Waals surface area contributed by atoms with Crippen molar-refractivity contribution in [3.8, 4) is 0 Å². The highest BCUT2D eigenvalue weighted by Gasteiger charge is 2.25. The number of hydrogen-bond donors (Lipinski definition) is 2. The summed E-state index contributed by atoms with van der Waals surface area (Å²) in [7, 11) is 5.53. The average Bonchev–Trinajstić information content (AvgIpc) is 3.22. The van der Waals surface area contributed by atoms with E-state index in [1.54, 1.807) is 14.1 Å². The molecule has 2 amide bonds. The molecule has 1 atom stereocenters. The van der Waals surface area contributed by atoms with Gasteiger partial charge in [-0.15, -0.1) is 0 Å². The maximum absolute atomic E-state index is 11.9. The van der Waals surface area contributed by atoms with Crippen LogP contribution in [0.5, 0.6) is 0 Å². The summed E-state index contributed by atoms with van der Waals surface area (Å²) < 4.78 is 0. The molecule has 1 aromatic rings. The summed E-state index contributed by atoms with van der Waals surface area (Å²) in [5.41, 5.74) is 1.19. The number of nitrogens with zero attached hydrogens (tertiary/aromatic N) is 4. The number of carbonyl (C=O) groups excluding carboxylic acids is 2. The van der Waals surface area contributed by atoms with Gasteiger partial charge >= 0.3 is 0 Å². The van der Waals surface area contributed by atoms with E-state index in [0.717, 1.165) is 32.5 Å². The Labute approximate surface area is 180 Å². The van der Waals surface area contributed by atoms with E-state index in [-0.39, 0.29) is 24.4 Å². The number of carbonyl (C=O) groups is 2. The topological polar surface area (TPSA) is 80.3 Å². The minimum atomic E-state index is -0.0471. The smallest absolute Gasteiger partial charge is 0.243 e. The summed E-state index contributed by atoms with van der Waals surface area (Å²) in [6.07, 6.45) is 2.34. The summed E-state index contributed by atoms with van der Waals surface area (Å²) in [4.78, 5) is 34.0. The summed E-state index contributed by atoms with van der Waals surface area (Å²) in [6.45, 7) is 5.06. The molecule has 1 saturated heterocycles. The predicted octanol–water partition coefficient (Wildman–Crippen LogP) is 1.15. The van der Waals surface area contributed by atoms with Gasteiger partial charge in [0.05, 0.1) is 0 Å². The van der Waals surface area contributed by atoms with Crippen LogP contribution in [0.1, 0.15) is 26.2 Å². The molecule has 166 valence electrons. The number of rotatable bonds is 9. The lowest BCUT2D eigenvalue weighted by molar-refractivity contribution is -0.130. The fourth-order valence-corrected chi connectivity index (χ4v) is 3.30. The molecule has 0 spiro atoms. The molecule has 0 bridgehead atoms. The highest BCUT2D eigenvalue weighted by Crippen LogP contribution is 2.11. The molecule has 1 aliphatic heterocycles. The Balaban J connectivity index is 1.86. The Hall–Kier alpha value is -2.77. The maximum atomic E-state index is 11.9. The second-order valence-corrected chi connectivity index (χ2v) is 7.81. The quantitative estimate of drug-likeness (QED) is 0.359. The van der Waals surface area contributed by atoms with Gasteiger partial charge in [-0.3, -0.25) is 9.59 Å². The van der Waals surface area contributed by atoms with Gasteiger partial charge < -0.3 is 25.3 Å². The van der Waals surface area contributed by atoms with E-state index in [0.29, 0.717) is 18.9 Å². The van der Waals surface area contributed by atoms with Crippen LogP contribution in [0.3, 0.4) is 0 Å². The zero-order valence-electron chi connectivity index (χ0n) is 18.7. The van der Waals surface area contributed by atoms with E-state index in [2.05, 4.69) is 39.7 Å². The first-order valence-corrected chi connectivity index (χ1v) is 10.7. The van der Waals surface area contributed by atoms with E-state index in [1.807, 2.05) is 30.0 Å². The van der Waals surface area contributed by atoms with Crippen molar-refractivity contribution in [1.29, 1.82) is 0 Å². The molecule has 0 aliphatic carbocycles. The SMILES string of the molecule is CCC(=O)N1CCC(NC(=NCC(=O)N(C)C)NCCCN(C)c2ccccc2)C1. The van der Waals surface area contributed by atoms with Crippen molar-refractivity contribution in [2.75, 3.05) is 58.8 Å². The van der Waals surface area contributed by atoms with Crippen LogP contribution in [0.4, 0.5) is 5.69 Å². The molecule has 1 heterocycles. The number of likely N-dealkylation sites (tertiary alicyclic amines) is 1. The average molecular weight is 417 g/mol. The first kappa shape index (κ1) is 23.5. The third-order valence-corrected chi connectivity index (χ3v) is 5.22. The summed E-state index contributed by atoms with van der Waals surface area (Å²) in [5, 5.41) is 6.74. The van der Waals surface area contributed by atoms with Gasteiger partial charge in [0, 0.05) is 65.5 Å². The number of para-hydroxylation sites is 1. The van der Waals surface area contributed by atoms with Crippen LogP contribution < -0.4 is 15.5 Å². The van der Waals surface area contributed by atoms with Crippen molar-refractivity contribution in [2.24, 2.45) is 4.99 Å².